The van der Waals surface area contributed by atoms with Crippen LogP contribution in [-0.4, -0.2) is 22.0 Å². The number of thioether (sulfide) groups is 1. The second kappa shape index (κ2) is 11.9. The number of aromatic nitrogens is 1. The van der Waals surface area contributed by atoms with Gasteiger partial charge in [-0.15, -0.1) is 23.1 Å². The molecule has 0 aliphatic carbocycles. The molecule has 0 aliphatic rings. The average molecular weight is 587 g/mol. The molecule has 1 heterocycles. The maximum atomic E-state index is 12.7. The van der Waals surface area contributed by atoms with Crippen LogP contribution in [0.4, 0.5) is 10.8 Å². The molecule has 2 N–H and O–H groups in total. The summed E-state index contributed by atoms with van der Waals surface area (Å²) >= 11 is 12.1. The summed E-state index contributed by atoms with van der Waals surface area (Å²) in [5, 5.41) is 8.58. The van der Waals surface area contributed by atoms with Gasteiger partial charge in [0.15, 0.2) is 5.13 Å². The molecule has 3 aromatic carbocycles. The summed E-state index contributed by atoms with van der Waals surface area (Å²) in [6.07, 6.45) is 0.253. The molecule has 4 aromatic rings. The summed E-state index contributed by atoms with van der Waals surface area (Å²) in [7, 11) is 0. The van der Waals surface area contributed by atoms with Crippen molar-refractivity contribution in [3.8, 4) is 11.3 Å². The Bertz CT molecular complexity index is 1330. The van der Waals surface area contributed by atoms with Crippen molar-refractivity contribution in [1.82, 2.24) is 4.98 Å². The molecule has 0 spiro atoms. The lowest BCUT2D eigenvalue weighted by atomic mass is 10.1. The number of hydrogen-bond donors (Lipinski definition) is 2. The van der Waals surface area contributed by atoms with E-state index in [1.165, 1.54) is 23.1 Å². The van der Waals surface area contributed by atoms with Crippen LogP contribution in [0, 0.1) is 0 Å². The first kappa shape index (κ1) is 25.4. The lowest BCUT2D eigenvalue weighted by molar-refractivity contribution is -0.116. The topological polar surface area (TPSA) is 71.1 Å². The number of halogens is 2. The molecule has 9 heteroatoms. The normalized spacial score (nSPS) is 11.6. The summed E-state index contributed by atoms with van der Waals surface area (Å²) in [6, 6.07) is 22.5. The minimum atomic E-state index is -0.352. The molecule has 4 rings (SSSR count). The molecule has 0 aliphatic heterocycles. The molecule has 0 radical (unpaired) electrons. The Morgan fingerprint density at radius 3 is 2.54 bits per heavy atom. The van der Waals surface area contributed by atoms with Crippen molar-refractivity contribution in [3.05, 3.63) is 93.2 Å². The van der Waals surface area contributed by atoms with Crippen molar-refractivity contribution in [1.29, 1.82) is 0 Å². The van der Waals surface area contributed by atoms with E-state index in [2.05, 4.69) is 31.5 Å². The van der Waals surface area contributed by atoms with Crippen molar-refractivity contribution in [2.24, 2.45) is 0 Å². The van der Waals surface area contributed by atoms with Crippen molar-refractivity contribution in [2.45, 2.75) is 23.5 Å². The van der Waals surface area contributed by atoms with Gasteiger partial charge in [0.25, 0.3) is 0 Å². The van der Waals surface area contributed by atoms with Gasteiger partial charge < -0.3 is 10.6 Å². The van der Waals surface area contributed by atoms with E-state index in [9.17, 15) is 9.59 Å². The first-order valence-electron chi connectivity index (χ1n) is 10.7. The SMILES string of the molecule is CC(Sc1cccc(NC(=O)Cc2ccc(Cl)cc2)c1)C(=O)Nc1nc(-c2ccc(Br)cc2)cs1. The number of nitrogens with zero attached hydrogens (tertiary/aromatic N) is 1. The number of carbonyl (C=O) groups excluding carboxylic acids is 2. The predicted molar refractivity (Wildman–Crippen MR) is 149 cm³/mol. The highest BCUT2D eigenvalue weighted by atomic mass is 79.9. The number of anilines is 2. The summed E-state index contributed by atoms with van der Waals surface area (Å²) < 4.78 is 1.00. The molecule has 0 saturated carbocycles. The lowest BCUT2D eigenvalue weighted by Gasteiger charge is -2.12. The molecule has 1 aromatic heterocycles. The monoisotopic (exact) mass is 585 g/mol. The Morgan fingerprint density at radius 2 is 1.80 bits per heavy atom. The number of thiazole rings is 1. The van der Waals surface area contributed by atoms with Gasteiger partial charge in [-0.1, -0.05) is 57.9 Å². The number of rotatable bonds is 8. The van der Waals surface area contributed by atoms with Gasteiger partial charge >= 0.3 is 0 Å². The lowest BCUT2D eigenvalue weighted by Crippen LogP contribution is -2.22. The van der Waals surface area contributed by atoms with E-state index in [1.54, 1.807) is 12.1 Å². The third-order valence-corrected chi connectivity index (χ3v) is 7.58. The summed E-state index contributed by atoms with van der Waals surface area (Å²) in [4.78, 5) is 30.6. The Kier molecular flexibility index (Phi) is 8.62. The highest BCUT2D eigenvalue weighted by Gasteiger charge is 2.17. The second-order valence-corrected chi connectivity index (χ2v) is 11.3. The van der Waals surface area contributed by atoms with E-state index >= 15 is 0 Å². The average Bonchev–Trinajstić information content (AvgIpc) is 3.29. The van der Waals surface area contributed by atoms with E-state index in [4.69, 9.17) is 11.6 Å². The van der Waals surface area contributed by atoms with Gasteiger partial charge in [-0.2, -0.15) is 0 Å². The molecule has 1 unspecified atom stereocenters. The Labute approximate surface area is 225 Å². The molecule has 1 atom stereocenters. The summed E-state index contributed by atoms with van der Waals surface area (Å²) in [5.74, 6) is -0.255. The van der Waals surface area contributed by atoms with Crippen LogP contribution in [0.5, 0.6) is 0 Å². The Morgan fingerprint density at radius 1 is 1.06 bits per heavy atom. The van der Waals surface area contributed by atoms with Gasteiger partial charge in [-0.05, 0) is 55.0 Å². The fourth-order valence-electron chi connectivity index (χ4n) is 3.19. The van der Waals surface area contributed by atoms with Crippen LogP contribution in [-0.2, 0) is 16.0 Å². The zero-order chi connectivity index (χ0) is 24.8. The molecule has 0 saturated heterocycles. The van der Waals surface area contributed by atoms with Gasteiger partial charge in [-0.3, -0.25) is 9.59 Å². The summed E-state index contributed by atoms with van der Waals surface area (Å²) in [5.41, 5.74) is 3.37. The van der Waals surface area contributed by atoms with Crippen LogP contribution in [0.3, 0.4) is 0 Å². The molecule has 5 nitrogen and oxygen atoms in total. The molecular formula is C26H21BrClN3O2S2. The van der Waals surface area contributed by atoms with Crippen molar-refractivity contribution in [3.63, 3.8) is 0 Å². The standard InChI is InChI=1S/C26H21BrClN3O2S2/c1-16(25(33)31-26-30-23(15-34-26)18-7-9-19(27)10-8-18)35-22-4-2-3-21(14-22)29-24(32)13-17-5-11-20(28)12-6-17/h2-12,14-16H,13H2,1H3,(H,29,32)(H,30,31,33). The van der Waals surface area contributed by atoms with Crippen LogP contribution in [0.1, 0.15) is 12.5 Å². The third kappa shape index (κ3) is 7.41. The van der Waals surface area contributed by atoms with Crippen molar-refractivity contribution < 1.29 is 9.59 Å². The van der Waals surface area contributed by atoms with Crippen molar-refractivity contribution in [2.75, 3.05) is 10.6 Å². The predicted octanol–water partition coefficient (Wildman–Crippen LogP) is 7.53. The highest BCUT2D eigenvalue weighted by Crippen LogP contribution is 2.29. The molecule has 178 valence electrons. The van der Waals surface area contributed by atoms with E-state index < -0.39 is 0 Å². The maximum Gasteiger partial charge on any atom is 0.239 e. The number of nitrogens with one attached hydrogen (secondary N) is 2. The third-order valence-electron chi connectivity index (χ3n) is 4.95. The quantitative estimate of drug-likeness (QED) is 0.209. The van der Waals surface area contributed by atoms with Gasteiger partial charge in [0.05, 0.1) is 17.4 Å². The number of amides is 2. The molecule has 0 bridgehead atoms. The fraction of sp³-hybridized carbons (Fsp3) is 0.115. The van der Waals surface area contributed by atoms with Crippen LogP contribution in [0.2, 0.25) is 5.02 Å². The van der Waals surface area contributed by atoms with E-state index in [-0.39, 0.29) is 23.5 Å². The number of carbonyl (C=O) groups is 2. The molecule has 35 heavy (non-hydrogen) atoms. The van der Waals surface area contributed by atoms with Gasteiger partial charge in [0, 0.05) is 31.0 Å². The molecule has 0 fully saturated rings. The maximum absolute atomic E-state index is 12.7. The van der Waals surface area contributed by atoms with E-state index in [0.717, 1.165) is 26.2 Å². The fourth-order valence-corrected chi connectivity index (χ4v) is 5.23. The zero-order valence-corrected chi connectivity index (χ0v) is 22.6. The van der Waals surface area contributed by atoms with Crippen LogP contribution in [0.25, 0.3) is 11.3 Å². The summed E-state index contributed by atoms with van der Waals surface area (Å²) in [6.45, 7) is 1.84. The van der Waals surface area contributed by atoms with Gasteiger partial charge in [-0.25, -0.2) is 4.98 Å². The van der Waals surface area contributed by atoms with Gasteiger partial charge in [0.1, 0.15) is 0 Å². The Balaban J connectivity index is 1.32. The van der Waals surface area contributed by atoms with Crippen LogP contribution < -0.4 is 10.6 Å². The van der Waals surface area contributed by atoms with Crippen molar-refractivity contribution >= 4 is 73.3 Å². The Hall–Kier alpha value is -2.65. The zero-order valence-electron chi connectivity index (χ0n) is 18.6. The van der Waals surface area contributed by atoms with E-state index in [0.29, 0.717) is 15.8 Å². The van der Waals surface area contributed by atoms with Crippen LogP contribution >= 0.6 is 50.6 Å². The minimum absolute atomic E-state index is 0.120. The number of benzene rings is 3. The first-order valence-corrected chi connectivity index (χ1v) is 13.6. The first-order chi connectivity index (χ1) is 16.9. The molecular weight excluding hydrogens is 566 g/mol. The van der Waals surface area contributed by atoms with E-state index in [1.807, 2.05) is 73.0 Å². The minimum Gasteiger partial charge on any atom is -0.326 e. The molecule has 2 amide bonds. The second-order valence-electron chi connectivity index (χ2n) is 7.67. The highest BCUT2D eigenvalue weighted by molar-refractivity contribution is 9.10. The smallest absolute Gasteiger partial charge is 0.239 e. The van der Waals surface area contributed by atoms with Crippen LogP contribution in [0.15, 0.2) is 87.5 Å². The van der Waals surface area contributed by atoms with Gasteiger partial charge in [0.2, 0.25) is 11.8 Å². The number of hydrogen-bond acceptors (Lipinski definition) is 5. The largest absolute Gasteiger partial charge is 0.326 e.